The SMILES string of the molecule is CCNC(=O)[C@]12C=C[C@@H](Oc3ccccc3)C[C@H]1CCN2. The van der Waals surface area contributed by atoms with Gasteiger partial charge in [-0.3, -0.25) is 10.1 Å². The van der Waals surface area contributed by atoms with Crippen molar-refractivity contribution >= 4 is 5.91 Å². The van der Waals surface area contributed by atoms with Crippen molar-refractivity contribution in [3.63, 3.8) is 0 Å². The van der Waals surface area contributed by atoms with Crippen LogP contribution in [0.1, 0.15) is 19.8 Å². The lowest BCUT2D eigenvalue weighted by atomic mass is 9.76. The summed E-state index contributed by atoms with van der Waals surface area (Å²) in [6, 6.07) is 9.85. The van der Waals surface area contributed by atoms with Crippen LogP contribution in [0.25, 0.3) is 0 Å². The van der Waals surface area contributed by atoms with E-state index in [0.29, 0.717) is 12.5 Å². The number of carbonyl (C=O) groups is 1. The quantitative estimate of drug-likeness (QED) is 0.831. The van der Waals surface area contributed by atoms with E-state index < -0.39 is 5.54 Å². The Morgan fingerprint density at radius 3 is 3.00 bits per heavy atom. The van der Waals surface area contributed by atoms with Crippen molar-refractivity contribution in [3.8, 4) is 5.75 Å². The number of benzene rings is 1. The maximum absolute atomic E-state index is 12.4. The minimum absolute atomic E-state index is 0.0415. The van der Waals surface area contributed by atoms with Gasteiger partial charge in [0.2, 0.25) is 5.91 Å². The van der Waals surface area contributed by atoms with Gasteiger partial charge in [-0.1, -0.05) is 24.3 Å². The van der Waals surface area contributed by atoms with E-state index >= 15 is 0 Å². The average Bonchev–Trinajstić information content (AvgIpc) is 2.93. The number of ether oxygens (including phenoxy) is 1. The molecule has 0 radical (unpaired) electrons. The lowest BCUT2D eigenvalue weighted by Crippen LogP contribution is -2.57. The smallest absolute Gasteiger partial charge is 0.244 e. The molecule has 2 aliphatic rings. The van der Waals surface area contributed by atoms with E-state index in [1.54, 1.807) is 0 Å². The van der Waals surface area contributed by atoms with Crippen LogP contribution in [0.15, 0.2) is 42.5 Å². The summed E-state index contributed by atoms with van der Waals surface area (Å²) in [6.07, 6.45) is 5.95. The van der Waals surface area contributed by atoms with Crippen LogP contribution in [0, 0.1) is 5.92 Å². The van der Waals surface area contributed by atoms with E-state index in [0.717, 1.165) is 25.1 Å². The van der Waals surface area contributed by atoms with Crippen LogP contribution < -0.4 is 15.4 Å². The molecule has 4 nitrogen and oxygen atoms in total. The molecule has 21 heavy (non-hydrogen) atoms. The first kappa shape index (κ1) is 14.1. The van der Waals surface area contributed by atoms with Gasteiger partial charge in [0.1, 0.15) is 17.4 Å². The largest absolute Gasteiger partial charge is 0.486 e. The summed E-state index contributed by atoms with van der Waals surface area (Å²) in [4.78, 5) is 12.4. The number of nitrogens with one attached hydrogen (secondary N) is 2. The zero-order chi connectivity index (χ0) is 14.7. The molecule has 1 heterocycles. The summed E-state index contributed by atoms with van der Waals surface area (Å²) >= 11 is 0. The lowest BCUT2D eigenvalue weighted by molar-refractivity contribution is -0.127. The average molecular weight is 286 g/mol. The van der Waals surface area contributed by atoms with Crippen molar-refractivity contribution in [2.24, 2.45) is 5.92 Å². The number of amides is 1. The predicted octanol–water partition coefficient (Wildman–Crippen LogP) is 1.88. The molecule has 1 saturated heterocycles. The number of carbonyl (C=O) groups excluding carboxylic acids is 1. The highest BCUT2D eigenvalue weighted by molar-refractivity contribution is 5.89. The first-order valence-corrected chi connectivity index (χ1v) is 7.69. The molecule has 1 amide bonds. The minimum atomic E-state index is -0.535. The van der Waals surface area contributed by atoms with E-state index in [-0.39, 0.29) is 12.0 Å². The van der Waals surface area contributed by atoms with Crippen molar-refractivity contribution in [2.75, 3.05) is 13.1 Å². The Balaban J connectivity index is 1.75. The first-order valence-electron chi connectivity index (χ1n) is 7.69. The van der Waals surface area contributed by atoms with E-state index in [2.05, 4.69) is 10.6 Å². The van der Waals surface area contributed by atoms with Gasteiger partial charge in [-0.15, -0.1) is 0 Å². The number of hydrogen-bond donors (Lipinski definition) is 2. The molecule has 1 aliphatic carbocycles. The molecule has 0 aromatic heterocycles. The Hall–Kier alpha value is -1.81. The zero-order valence-electron chi connectivity index (χ0n) is 12.3. The molecule has 3 rings (SSSR count). The Morgan fingerprint density at radius 2 is 2.24 bits per heavy atom. The highest BCUT2D eigenvalue weighted by atomic mass is 16.5. The number of para-hydroxylation sites is 1. The van der Waals surface area contributed by atoms with Crippen LogP contribution in [0.4, 0.5) is 0 Å². The van der Waals surface area contributed by atoms with Crippen LogP contribution in [-0.2, 0) is 4.79 Å². The normalized spacial score (nSPS) is 30.7. The number of hydrogen-bond acceptors (Lipinski definition) is 3. The molecule has 112 valence electrons. The highest BCUT2D eigenvalue weighted by Gasteiger charge is 2.49. The van der Waals surface area contributed by atoms with Gasteiger partial charge in [0.15, 0.2) is 0 Å². The third-order valence-corrected chi connectivity index (χ3v) is 4.39. The maximum Gasteiger partial charge on any atom is 0.244 e. The summed E-state index contributed by atoms with van der Waals surface area (Å²) in [7, 11) is 0. The van der Waals surface area contributed by atoms with Gasteiger partial charge in [-0.05, 0) is 50.4 Å². The van der Waals surface area contributed by atoms with Crippen molar-refractivity contribution in [2.45, 2.75) is 31.4 Å². The maximum atomic E-state index is 12.4. The van der Waals surface area contributed by atoms with Gasteiger partial charge in [0, 0.05) is 6.54 Å². The van der Waals surface area contributed by atoms with Gasteiger partial charge in [0.05, 0.1) is 0 Å². The Labute approximate surface area is 125 Å². The molecule has 0 spiro atoms. The Bertz CT molecular complexity index is 529. The molecule has 1 aromatic rings. The summed E-state index contributed by atoms with van der Waals surface area (Å²) in [5.41, 5.74) is -0.535. The second-order valence-corrected chi connectivity index (χ2v) is 5.71. The fourth-order valence-electron chi connectivity index (χ4n) is 3.35. The van der Waals surface area contributed by atoms with Gasteiger partial charge < -0.3 is 10.1 Å². The fraction of sp³-hybridized carbons (Fsp3) is 0.471. The van der Waals surface area contributed by atoms with Gasteiger partial charge in [0.25, 0.3) is 0 Å². The molecule has 1 aromatic carbocycles. The Morgan fingerprint density at radius 1 is 1.43 bits per heavy atom. The molecule has 2 N–H and O–H groups in total. The topological polar surface area (TPSA) is 50.4 Å². The van der Waals surface area contributed by atoms with E-state index in [1.807, 2.05) is 49.4 Å². The summed E-state index contributed by atoms with van der Waals surface area (Å²) in [5, 5.41) is 6.34. The third-order valence-electron chi connectivity index (χ3n) is 4.39. The Kier molecular flexibility index (Phi) is 3.97. The van der Waals surface area contributed by atoms with Crippen molar-refractivity contribution < 1.29 is 9.53 Å². The van der Waals surface area contributed by atoms with E-state index in [1.165, 1.54) is 0 Å². The van der Waals surface area contributed by atoms with Crippen LogP contribution in [-0.4, -0.2) is 30.6 Å². The molecule has 4 heteroatoms. The first-order chi connectivity index (χ1) is 10.2. The molecule has 0 bridgehead atoms. The fourth-order valence-corrected chi connectivity index (χ4v) is 3.35. The number of likely N-dealkylation sites (N-methyl/N-ethyl adjacent to an activating group) is 1. The minimum Gasteiger partial charge on any atom is -0.486 e. The number of rotatable bonds is 4. The molecule has 0 unspecified atom stereocenters. The monoisotopic (exact) mass is 286 g/mol. The van der Waals surface area contributed by atoms with Gasteiger partial charge >= 0.3 is 0 Å². The summed E-state index contributed by atoms with van der Waals surface area (Å²) in [5.74, 6) is 1.26. The van der Waals surface area contributed by atoms with Crippen LogP contribution in [0.3, 0.4) is 0 Å². The standard InChI is InChI=1S/C17H22N2O2/c1-2-18-16(20)17-10-8-15(12-13(17)9-11-19-17)21-14-6-4-3-5-7-14/h3-8,10,13,15,19H,2,9,11-12H2,1H3,(H,18,20)/t13-,15-,17+/m1/s1. The lowest BCUT2D eigenvalue weighted by Gasteiger charge is -2.36. The van der Waals surface area contributed by atoms with Gasteiger partial charge in [-0.2, -0.15) is 0 Å². The van der Waals surface area contributed by atoms with Crippen LogP contribution in [0.5, 0.6) is 5.75 Å². The molecule has 1 aliphatic heterocycles. The summed E-state index contributed by atoms with van der Waals surface area (Å²) < 4.78 is 6.00. The molecule has 3 atom stereocenters. The van der Waals surface area contributed by atoms with Crippen molar-refractivity contribution in [1.29, 1.82) is 0 Å². The van der Waals surface area contributed by atoms with Crippen molar-refractivity contribution in [1.82, 2.24) is 10.6 Å². The van der Waals surface area contributed by atoms with Crippen LogP contribution in [0.2, 0.25) is 0 Å². The van der Waals surface area contributed by atoms with Gasteiger partial charge in [-0.25, -0.2) is 0 Å². The second-order valence-electron chi connectivity index (χ2n) is 5.71. The molecular formula is C17H22N2O2. The van der Waals surface area contributed by atoms with E-state index in [9.17, 15) is 4.79 Å². The summed E-state index contributed by atoms with van der Waals surface area (Å²) in [6.45, 7) is 3.49. The molecule has 0 saturated carbocycles. The predicted molar refractivity (Wildman–Crippen MR) is 82.1 cm³/mol. The third kappa shape index (κ3) is 2.68. The van der Waals surface area contributed by atoms with Crippen molar-refractivity contribution in [3.05, 3.63) is 42.5 Å². The zero-order valence-corrected chi connectivity index (χ0v) is 12.3. The molecule has 1 fully saturated rings. The number of fused-ring (bicyclic) bond motifs is 1. The van der Waals surface area contributed by atoms with Crippen LogP contribution >= 0.6 is 0 Å². The highest BCUT2D eigenvalue weighted by Crippen LogP contribution is 2.37. The second kappa shape index (κ2) is 5.90. The molecular weight excluding hydrogens is 264 g/mol. The van der Waals surface area contributed by atoms with E-state index in [4.69, 9.17) is 4.74 Å².